The van der Waals surface area contributed by atoms with Crippen LogP contribution in [0.25, 0.3) is 5.57 Å². The van der Waals surface area contributed by atoms with E-state index in [2.05, 4.69) is 36.5 Å². The summed E-state index contributed by atoms with van der Waals surface area (Å²) in [6.45, 7) is 5.82. The molecule has 0 bridgehead atoms. The van der Waals surface area contributed by atoms with Crippen LogP contribution < -0.4 is 5.32 Å². The molecule has 4 nitrogen and oxygen atoms in total. The highest BCUT2D eigenvalue weighted by Crippen LogP contribution is 2.53. The molecule has 5 heteroatoms. The minimum Gasteiger partial charge on any atom is -0.462 e. The standard InChI is InChI=1S/C30H36FNO3/c1-17-13-20(7-10-25(17)21-5-4-6-23(31)14-21)8-11-27-26-12-9-24(32-19(3)33)15-22(26)16-28-29(27)18(2)35-30(28)34/h4-8,10-11,14,17-18,22,24,26-29H,9,12-13,15-16H2,1-3H3,(H,32,33)/b11-8+/t17?,18-,22-,24-,26-,27-,28+,29-/m0/s1. The Morgan fingerprint density at radius 3 is 2.74 bits per heavy atom. The molecule has 3 aliphatic carbocycles. The van der Waals surface area contributed by atoms with Crippen molar-refractivity contribution in [3.63, 3.8) is 0 Å². The molecule has 0 radical (unpaired) electrons. The summed E-state index contributed by atoms with van der Waals surface area (Å²) in [6, 6.07) is 7.03. The zero-order valence-electron chi connectivity index (χ0n) is 20.9. The lowest BCUT2D eigenvalue weighted by Gasteiger charge is -2.47. The van der Waals surface area contributed by atoms with Crippen LogP contribution in [0.1, 0.15) is 58.4 Å². The number of esters is 1. The predicted molar refractivity (Wildman–Crippen MR) is 134 cm³/mol. The minimum atomic E-state index is -0.206. The Morgan fingerprint density at radius 1 is 1.17 bits per heavy atom. The van der Waals surface area contributed by atoms with E-state index in [9.17, 15) is 14.0 Å². The van der Waals surface area contributed by atoms with E-state index in [0.29, 0.717) is 23.7 Å². The number of hydrogen-bond acceptors (Lipinski definition) is 3. The minimum absolute atomic E-state index is 0.0245. The van der Waals surface area contributed by atoms with Crippen LogP contribution in [0.3, 0.4) is 0 Å². The molecule has 35 heavy (non-hydrogen) atoms. The normalized spacial score (nSPS) is 36.6. The number of halogens is 1. The van der Waals surface area contributed by atoms with Crippen LogP contribution in [0.15, 0.2) is 54.1 Å². The summed E-state index contributed by atoms with van der Waals surface area (Å²) in [7, 11) is 0. The maximum Gasteiger partial charge on any atom is 0.309 e. The van der Waals surface area contributed by atoms with Crippen LogP contribution in [-0.4, -0.2) is 24.0 Å². The van der Waals surface area contributed by atoms with E-state index in [1.54, 1.807) is 19.1 Å². The molecule has 0 aromatic heterocycles. The summed E-state index contributed by atoms with van der Waals surface area (Å²) in [4.78, 5) is 24.3. The van der Waals surface area contributed by atoms with Gasteiger partial charge in [-0.1, -0.05) is 43.4 Å². The fourth-order valence-corrected chi connectivity index (χ4v) is 7.33. The van der Waals surface area contributed by atoms with E-state index in [1.165, 1.54) is 17.2 Å². The van der Waals surface area contributed by atoms with Crippen molar-refractivity contribution < 1.29 is 18.7 Å². The van der Waals surface area contributed by atoms with Crippen LogP contribution >= 0.6 is 0 Å². The van der Waals surface area contributed by atoms with E-state index in [-0.39, 0.29) is 41.7 Å². The molecule has 1 unspecified atom stereocenters. The van der Waals surface area contributed by atoms with E-state index in [0.717, 1.165) is 37.7 Å². The van der Waals surface area contributed by atoms with Gasteiger partial charge in [-0.3, -0.25) is 9.59 Å². The summed E-state index contributed by atoms with van der Waals surface area (Å²) in [6.07, 6.45) is 13.6. The fourth-order valence-electron chi connectivity index (χ4n) is 7.33. The number of hydrogen-bond donors (Lipinski definition) is 1. The highest BCUT2D eigenvalue weighted by molar-refractivity contribution is 5.76. The van der Waals surface area contributed by atoms with Gasteiger partial charge < -0.3 is 10.1 Å². The molecule has 5 rings (SSSR count). The lowest BCUT2D eigenvalue weighted by molar-refractivity contribution is -0.144. The van der Waals surface area contributed by atoms with E-state index in [4.69, 9.17) is 4.74 Å². The second-order valence-corrected chi connectivity index (χ2v) is 11.1. The Labute approximate surface area is 207 Å². The van der Waals surface area contributed by atoms with Crippen molar-refractivity contribution >= 4 is 17.4 Å². The van der Waals surface area contributed by atoms with Crippen molar-refractivity contribution in [2.75, 3.05) is 0 Å². The largest absolute Gasteiger partial charge is 0.462 e. The third-order valence-corrected chi connectivity index (χ3v) is 8.80. The molecule has 1 saturated heterocycles. The summed E-state index contributed by atoms with van der Waals surface area (Å²) in [5.41, 5.74) is 3.38. The molecule has 1 amide bonds. The number of ether oxygens (including phenoxy) is 1. The number of amides is 1. The van der Waals surface area contributed by atoms with Crippen LogP contribution in [0.4, 0.5) is 4.39 Å². The number of cyclic esters (lactones) is 1. The number of allylic oxidation sites excluding steroid dienone is 6. The predicted octanol–water partition coefficient (Wildman–Crippen LogP) is 5.85. The second-order valence-electron chi connectivity index (χ2n) is 11.1. The molecule has 186 valence electrons. The van der Waals surface area contributed by atoms with Gasteiger partial charge in [0.25, 0.3) is 0 Å². The topological polar surface area (TPSA) is 55.4 Å². The van der Waals surface area contributed by atoms with Gasteiger partial charge in [0.15, 0.2) is 0 Å². The van der Waals surface area contributed by atoms with E-state index in [1.807, 2.05) is 13.0 Å². The molecule has 8 atom stereocenters. The maximum atomic E-state index is 13.7. The average molecular weight is 478 g/mol. The first-order chi connectivity index (χ1) is 16.8. The van der Waals surface area contributed by atoms with Crippen LogP contribution in [0.2, 0.25) is 0 Å². The molecule has 2 saturated carbocycles. The van der Waals surface area contributed by atoms with Gasteiger partial charge >= 0.3 is 5.97 Å². The molecular formula is C30H36FNO3. The van der Waals surface area contributed by atoms with Crippen molar-refractivity contribution in [3.8, 4) is 0 Å². The fraction of sp³-hybridized carbons (Fsp3) is 0.533. The Morgan fingerprint density at radius 2 is 2.00 bits per heavy atom. The first kappa shape index (κ1) is 24.0. The molecule has 4 aliphatic rings. The van der Waals surface area contributed by atoms with Crippen molar-refractivity contribution in [2.24, 2.45) is 35.5 Å². The van der Waals surface area contributed by atoms with Crippen molar-refractivity contribution in [1.29, 1.82) is 0 Å². The summed E-state index contributed by atoms with van der Waals surface area (Å²) < 4.78 is 19.5. The highest BCUT2D eigenvalue weighted by Gasteiger charge is 2.54. The molecule has 1 N–H and O–H groups in total. The van der Waals surface area contributed by atoms with Crippen LogP contribution in [0, 0.1) is 41.3 Å². The first-order valence-electron chi connectivity index (χ1n) is 13.1. The Bertz CT molecular complexity index is 1090. The maximum absolute atomic E-state index is 13.7. The number of rotatable bonds is 4. The van der Waals surface area contributed by atoms with E-state index >= 15 is 0 Å². The number of fused-ring (bicyclic) bond motifs is 2. The summed E-state index contributed by atoms with van der Waals surface area (Å²) >= 11 is 0. The zero-order valence-corrected chi connectivity index (χ0v) is 20.9. The van der Waals surface area contributed by atoms with Gasteiger partial charge in [-0.25, -0.2) is 4.39 Å². The lowest BCUT2D eigenvalue weighted by atomic mass is 9.56. The number of carbonyl (C=O) groups is 2. The zero-order chi connectivity index (χ0) is 24.7. The summed E-state index contributed by atoms with van der Waals surface area (Å²) in [5, 5.41) is 3.11. The number of carbonyl (C=O) groups excluding carboxylic acids is 2. The number of benzene rings is 1. The van der Waals surface area contributed by atoms with Crippen LogP contribution in [-0.2, 0) is 14.3 Å². The van der Waals surface area contributed by atoms with Gasteiger partial charge in [0.2, 0.25) is 5.91 Å². The Kier molecular flexibility index (Phi) is 6.69. The Hall–Kier alpha value is -2.69. The van der Waals surface area contributed by atoms with Gasteiger partial charge in [0.05, 0.1) is 5.92 Å². The molecule has 3 fully saturated rings. The quantitative estimate of drug-likeness (QED) is 0.554. The molecule has 1 aromatic rings. The van der Waals surface area contributed by atoms with Crippen molar-refractivity contribution in [1.82, 2.24) is 5.32 Å². The van der Waals surface area contributed by atoms with Crippen LogP contribution in [0.5, 0.6) is 0 Å². The first-order valence-corrected chi connectivity index (χ1v) is 13.1. The lowest BCUT2D eigenvalue weighted by Crippen LogP contribution is -2.48. The van der Waals surface area contributed by atoms with Gasteiger partial charge in [0.1, 0.15) is 11.9 Å². The third kappa shape index (κ3) is 4.87. The Balaban J connectivity index is 1.38. The smallest absolute Gasteiger partial charge is 0.309 e. The third-order valence-electron chi connectivity index (χ3n) is 8.80. The number of nitrogens with one attached hydrogen (secondary N) is 1. The molecule has 1 aliphatic heterocycles. The summed E-state index contributed by atoms with van der Waals surface area (Å²) in [5.74, 6) is 1.48. The van der Waals surface area contributed by atoms with E-state index < -0.39 is 0 Å². The average Bonchev–Trinajstić information content (AvgIpc) is 3.09. The molecule has 0 spiro atoms. The molecule has 1 aromatic carbocycles. The monoisotopic (exact) mass is 477 g/mol. The SMILES string of the molecule is CC(=O)N[C@H]1CC[C@H]2[C@@H](C1)C[C@H]1C(=O)O[C@@H](C)[C@H]1[C@H]2/C=C/C1=CC=C(c2cccc(F)c2)C(C)C1. The molecule has 1 heterocycles. The highest BCUT2D eigenvalue weighted by atomic mass is 19.1. The molecular weight excluding hydrogens is 441 g/mol. The van der Waals surface area contributed by atoms with Gasteiger partial charge in [-0.2, -0.15) is 0 Å². The van der Waals surface area contributed by atoms with Gasteiger partial charge in [-0.15, -0.1) is 0 Å². The van der Waals surface area contributed by atoms with Gasteiger partial charge in [0, 0.05) is 18.9 Å². The van der Waals surface area contributed by atoms with Gasteiger partial charge in [-0.05, 0) is 91.5 Å². The second kappa shape index (κ2) is 9.75. The van der Waals surface area contributed by atoms with Crippen molar-refractivity contribution in [2.45, 2.75) is 65.0 Å². The van der Waals surface area contributed by atoms with Crippen molar-refractivity contribution in [3.05, 3.63) is 65.5 Å².